The maximum absolute atomic E-state index is 12.5. The molecule has 2 amide bonds. The number of likely N-dealkylation sites (tertiary alicyclic amines) is 1. The van der Waals surface area contributed by atoms with E-state index in [9.17, 15) is 9.59 Å². The molecule has 1 aliphatic heterocycles. The molecule has 1 saturated heterocycles. The van der Waals surface area contributed by atoms with Gasteiger partial charge < -0.3 is 15.1 Å². The van der Waals surface area contributed by atoms with Crippen molar-refractivity contribution in [3.05, 3.63) is 51.1 Å². The molecule has 0 saturated carbocycles. The molecular weight excluding hydrogens is 402 g/mol. The van der Waals surface area contributed by atoms with Gasteiger partial charge in [-0.2, -0.15) is 0 Å². The second-order valence-electron chi connectivity index (χ2n) is 6.10. The minimum Gasteiger partial charge on any atom is -0.380 e. The Kier molecular flexibility index (Phi) is 5.75. The Balaban J connectivity index is 1.51. The van der Waals surface area contributed by atoms with Crippen LogP contribution in [0.2, 0.25) is 0 Å². The van der Waals surface area contributed by atoms with Crippen LogP contribution < -0.4 is 5.32 Å². The lowest BCUT2D eigenvalue weighted by Crippen LogP contribution is -2.40. The molecule has 132 valence electrons. The van der Waals surface area contributed by atoms with Crippen LogP contribution >= 0.6 is 27.3 Å². The summed E-state index contributed by atoms with van der Waals surface area (Å²) in [6, 6.07) is 13.9. The molecule has 2 heterocycles. The SMILES string of the molecule is CN(CC(=O)N1CCC(Nc2ccccc2)C1)C(=O)c1ccc(Br)s1. The Labute approximate surface area is 159 Å². The number of nitrogens with one attached hydrogen (secondary N) is 1. The van der Waals surface area contributed by atoms with Crippen LogP contribution in [0.4, 0.5) is 5.69 Å². The Morgan fingerprint density at radius 1 is 1.28 bits per heavy atom. The van der Waals surface area contributed by atoms with Crippen LogP contribution in [0.5, 0.6) is 0 Å². The van der Waals surface area contributed by atoms with Gasteiger partial charge in [0.05, 0.1) is 15.2 Å². The molecule has 0 bridgehead atoms. The fourth-order valence-electron chi connectivity index (χ4n) is 2.87. The van der Waals surface area contributed by atoms with Crippen molar-refractivity contribution in [3.63, 3.8) is 0 Å². The van der Waals surface area contributed by atoms with E-state index in [1.807, 2.05) is 41.3 Å². The van der Waals surface area contributed by atoms with E-state index < -0.39 is 0 Å². The molecule has 7 heteroatoms. The molecule has 1 N–H and O–H groups in total. The van der Waals surface area contributed by atoms with E-state index in [-0.39, 0.29) is 24.4 Å². The predicted octanol–water partition coefficient (Wildman–Crippen LogP) is 3.30. The lowest BCUT2D eigenvalue weighted by molar-refractivity contribution is -0.130. The number of amides is 2. The normalized spacial score (nSPS) is 16.7. The standard InChI is InChI=1S/C18H20BrN3O2S/c1-21(18(24)15-7-8-16(19)25-15)12-17(23)22-10-9-14(11-22)20-13-5-3-2-4-6-13/h2-8,14,20H,9-12H2,1H3. The highest BCUT2D eigenvalue weighted by Crippen LogP contribution is 2.23. The number of carbonyl (C=O) groups is 2. The van der Waals surface area contributed by atoms with Crippen molar-refractivity contribution in [2.75, 3.05) is 32.0 Å². The van der Waals surface area contributed by atoms with Crippen molar-refractivity contribution in [2.45, 2.75) is 12.5 Å². The van der Waals surface area contributed by atoms with Gasteiger partial charge in [0, 0.05) is 31.9 Å². The van der Waals surface area contributed by atoms with E-state index in [2.05, 4.69) is 21.2 Å². The molecule has 3 rings (SSSR count). The summed E-state index contributed by atoms with van der Waals surface area (Å²) in [5.74, 6) is -0.133. The van der Waals surface area contributed by atoms with E-state index in [1.165, 1.54) is 16.2 Å². The quantitative estimate of drug-likeness (QED) is 0.805. The number of hydrogen-bond donors (Lipinski definition) is 1. The van der Waals surface area contributed by atoms with E-state index >= 15 is 0 Å². The van der Waals surface area contributed by atoms with Crippen LogP contribution in [-0.2, 0) is 4.79 Å². The second-order valence-corrected chi connectivity index (χ2v) is 8.56. The number of nitrogens with zero attached hydrogens (tertiary/aromatic N) is 2. The summed E-state index contributed by atoms with van der Waals surface area (Å²) in [7, 11) is 1.67. The van der Waals surface area contributed by atoms with Crippen molar-refractivity contribution in [2.24, 2.45) is 0 Å². The Morgan fingerprint density at radius 3 is 2.72 bits per heavy atom. The second kappa shape index (κ2) is 8.01. The summed E-state index contributed by atoms with van der Waals surface area (Å²) in [5.41, 5.74) is 1.07. The third-order valence-electron chi connectivity index (χ3n) is 4.19. The zero-order valence-corrected chi connectivity index (χ0v) is 16.3. The van der Waals surface area contributed by atoms with Crippen LogP contribution in [0.15, 0.2) is 46.3 Å². The molecule has 1 unspecified atom stereocenters. The molecule has 1 aliphatic rings. The first-order valence-electron chi connectivity index (χ1n) is 8.13. The van der Waals surface area contributed by atoms with E-state index in [4.69, 9.17) is 0 Å². The van der Waals surface area contributed by atoms with Gasteiger partial charge in [-0.1, -0.05) is 18.2 Å². The number of likely N-dealkylation sites (N-methyl/N-ethyl adjacent to an activating group) is 1. The van der Waals surface area contributed by atoms with Crippen LogP contribution in [0.25, 0.3) is 0 Å². The van der Waals surface area contributed by atoms with Gasteiger partial charge in [0.1, 0.15) is 0 Å². The summed E-state index contributed by atoms with van der Waals surface area (Å²) in [4.78, 5) is 28.8. The molecule has 1 atom stereocenters. The third-order valence-corrected chi connectivity index (χ3v) is 5.80. The van der Waals surface area contributed by atoms with Crippen molar-refractivity contribution in [1.29, 1.82) is 0 Å². The number of carbonyl (C=O) groups excluding carboxylic acids is 2. The Bertz CT molecular complexity index is 750. The van der Waals surface area contributed by atoms with Gasteiger partial charge in [-0.3, -0.25) is 9.59 Å². The highest BCUT2D eigenvalue weighted by molar-refractivity contribution is 9.11. The number of thiophene rings is 1. The molecule has 0 radical (unpaired) electrons. The van der Waals surface area contributed by atoms with Crippen molar-refractivity contribution in [3.8, 4) is 0 Å². The first-order chi connectivity index (χ1) is 12.0. The van der Waals surface area contributed by atoms with Gasteiger partial charge in [-0.05, 0) is 46.6 Å². The van der Waals surface area contributed by atoms with Crippen molar-refractivity contribution in [1.82, 2.24) is 9.80 Å². The number of anilines is 1. The number of benzene rings is 1. The van der Waals surface area contributed by atoms with Gasteiger partial charge in [0.25, 0.3) is 5.91 Å². The minimum atomic E-state index is -0.123. The molecule has 1 aromatic carbocycles. The smallest absolute Gasteiger partial charge is 0.264 e. The van der Waals surface area contributed by atoms with Gasteiger partial charge >= 0.3 is 0 Å². The molecule has 1 fully saturated rings. The minimum absolute atomic E-state index is 0.0103. The maximum Gasteiger partial charge on any atom is 0.264 e. The van der Waals surface area contributed by atoms with Gasteiger partial charge in [-0.15, -0.1) is 11.3 Å². The number of halogens is 1. The number of para-hydroxylation sites is 1. The van der Waals surface area contributed by atoms with E-state index in [0.717, 1.165) is 22.4 Å². The zero-order chi connectivity index (χ0) is 17.8. The summed E-state index contributed by atoms with van der Waals surface area (Å²) in [6.07, 6.45) is 0.913. The van der Waals surface area contributed by atoms with Crippen molar-refractivity contribution < 1.29 is 9.59 Å². The molecule has 0 spiro atoms. The van der Waals surface area contributed by atoms with Crippen LogP contribution in [-0.4, -0.2) is 54.3 Å². The van der Waals surface area contributed by atoms with Crippen LogP contribution in [0, 0.1) is 0 Å². The zero-order valence-electron chi connectivity index (χ0n) is 13.9. The summed E-state index contributed by atoms with van der Waals surface area (Å²) >= 11 is 4.73. The lowest BCUT2D eigenvalue weighted by atomic mass is 10.2. The van der Waals surface area contributed by atoms with E-state index in [1.54, 1.807) is 13.1 Å². The maximum atomic E-state index is 12.5. The first-order valence-corrected chi connectivity index (χ1v) is 9.74. The molecule has 1 aromatic heterocycles. The van der Waals surface area contributed by atoms with Gasteiger partial charge in [0.2, 0.25) is 5.91 Å². The fraction of sp³-hybridized carbons (Fsp3) is 0.333. The Hall–Kier alpha value is -1.86. The molecule has 2 aromatic rings. The topological polar surface area (TPSA) is 52.7 Å². The Morgan fingerprint density at radius 2 is 2.04 bits per heavy atom. The van der Waals surface area contributed by atoms with Crippen LogP contribution in [0.3, 0.4) is 0 Å². The van der Waals surface area contributed by atoms with Gasteiger partial charge in [-0.25, -0.2) is 0 Å². The predicted molar refractivity (Wildman–Crippen MR) is 104 cm³/mol. The lowest BCUT2D eigenvalue weighted by Gasteiger charge is -2.22. The van der Waals surface area contributed by atoms with Gasteiger partial charge in [0.15, 0.2) is 0 Å². The highest BCUT2D eigenvalue weighted by atomic mass is 79.9. The average Bonchev–Trinajstić information content (AvgIpc) is 3.24. The third kappa shape index (κ3) is 4.61. The van der Waals surface area contributed by atoms with Crippen molar-refractivity contribution >= 4 is 44.8 Å². The largest absolute Gasteiger partial charge is 0.380 e. The summed E-state index contributed by atoms with van der Waals surface area (Å²) < 4.78 is 0.907. The molecule has 0 aliphatic carbocycles. The number of rotatable bonds is 5. The van der Waals surface area contributed by atoms with Crippen LogP contribution in [0.1, 0.15) is 16.1 Å². The molecule has 5 nitrogen and oxygen atoms in total. The highest BCUT2D eigenvalue weighted by Gasteiger charge is 2.27. The first kappa shape index (κ1) is 17.9. The monoisotopic (exact) mass is 421 g/mol. The fourth-order valence-corrected chi connectivity index (χ4v) is 4.25. The molecular formula is C18H20BrN3O2S. The number of hydrogen-bond acceptors (Lipinski definition) is 4. The summed E-state index contributed by atoms with van der Waals surface area (Å²) in [5, 5.41) is 3.45. The molecule has 25 heavy (non-hydrogen) atoms. The average molecular weight is 422 g/mol. The van der Waals surface area contributed by atoms with E-state index in [0.29, 0.717) is 11.4 Å². The summed E-state index contributed by atoms with van der Waals surface area (Å²) in [6.45, 7) is 1.49.